The molecule has 9 heteroatoms. The van der Waals surface area contributed by atoms with E-state index in [9.17, 15) is 13.6 Å². The van der Waals surface area contributed by atoms with Crippen molar-refractivity contribution >= 4 is 28.5 Å². The van der Waals surface area contributed by atoms with Crippen molar-refractivity contribution in [2.75, 3.05) is 19.5 Å². The smallest absolute Gasteiger partial charge is 0.387 e. The lowest BCUT2D eigenvalue weighted by atomic mass is 10.1. The van der Waals surface area contributed by atoms with Crippen LogP contribution in [-0.2, 0) is 4.79 Å². The minimum absolute atomic E-state index is 0.0125. The Morgan fingerprint density at radius 2 is 1.87 bits per heavy atom. The number of nitrogens with one attached hydrogen (secondary N) is 1. The summed E-state index contributed by atoms with van der Waals surface area (Å²) in [7, 11) is 3.10. The number of ether oxygens (including phenoxy) is 3. The van der Waals surface area contributed by atoms with Crippen LogP contribution in [-0.4, -0.2) is 31.7 Å². The Bertz CT molecular complexity index is 1050. The van der Waals surface area contributed by atoms with E-state index in [1.807, 2.05) is 6.07 Å². The summed E-state index contributed by atoms with van der Waals surface area (Å²) in [5.41, 5.74) is 1.83. The van der Waals surface area contributed by atoms with Crippen molar-refractivity contribution in [1.82, 2.24) is 4.98 Å². The number of nitrogens with zero attached hydrogens (tertiary/aromatic N) is 1. The number of amides is 1. The highest BCUT2D eigenvalue weighted by Gasteiger charge is 2.11. The Labute approximate surface area is 175 Å². The number of para-hydroxylation sites is 1. The fourth-order valence-electron chi connectivity index (χ4n) is 2.59. The molecule has 0 aliphatic heterocycles. The van der Waals surface area contributed by atoms with Crippen LogP contribution in [0.15, 0.2) is 53.9 Å². The highest BCUT2D eigenvalue weighted by molar-refractivity contribution is 7.14. The average Bonchev–Trinajstić information content (AvgIpc) is 3.20. The normalized spacial score (nSPS) is 11.0. The first-order valence-corrected chi connectivity index (χ1v) is 9.59. The Morgan fingerprint density at radius 1 is 1.10 bits per heavy atom. The maximum atomic E-state index is 12.5. The number of anilines is 1. The molecule has 6 nitrogen and oxygen atoms in total. The molecular formula is C21H18F2N2O4S. The first-order chi connectivity index (χ1) is 14.5. The molecule has 0 aliphatic rings. The van der Waals surface area contributed by atoms with Crippen LogP contribution >= 0.6 is 11.3 Å². The molecule has 1 N–H and O–H groups in total. The predicted molar refractivity (Wildman–Crippen MR) is 111 cm³/mol. The number of rotatable bonds is 8. The summed E-state index contributed by atoms with van der Waals surface area (Å²) < 4.78 is 39.9. The molecule has 0 saturated heterocycles. The monoisotopic (exact) mass is 432 g/mol. The zero-order valence-corrected chi connectivity index (χ0v) is 16.9. The van der Waals surface area contributed by atoms with Gasteiger partial charge in [-0.1, -0.05) is 18.2 Å². The van der Waals surface area contributed by atoms with E-state index in [4.69, 9.17) is 9.47 Å². The van der Waals surface area contributed by atoms with Gasteiger partial charge in [0.15, 0.2) is 16.6 Å². The molecule has 1 heterocycles. The molecule has 0 unspecified atom stereocenters. The van der Waals surface area contributed by atoms with Gasteiger partial charge in [-0.25, -0.2) is 4.98 Å². The molecule has 1 amide bonds. The van der Waals surface area contributed by atoms with Crippen molar-refractivity contribution < 1.29 is 27.8 Å². The van der Waals surface area contributed by atoms with Gasteiger partial charge < -0.3 is 14.2 Å². The molecule has 1 aromatic heterocycles. The summed E-state index contributed by atoms with van der Waals surface area (Å²) in [6.45, 7) is -2.95. The van der Waals surface area contributed by atoms with Gasteiger partial charge in [0, 0.05) is 22.6 Å². The van der Waals surface area contributed by atoms with Crippen LogP contribution in [0.2, 0.25) is 0 Å². The number of benzene rings is 2. The van der Waals surface area contributed by atoms with Crippen LogP contribution in [0, 0.1) is 0 Å². The SMILES string of the molecule is COc1ccc(-c2csc(NC(=O)/C=C/c3ccccc3OC(F)F)n2)cc1OC. The third-order valence-corrected chi connectivity index (χ3v) is 4.72. The molecule has 156 valence electrons. The van der Waals surface area contributed by atoms with Gasteiger partial charge in [0.25, 0.3) is 0 Å². The van der Waals surface area contributed by atoms with Crippen LogP contribution in [0.3, 0.4) is 0 Å². The van der Waals surface area contributed by atoms with Crippen LogP contribution in [0.5, 0.6) is 17.2 Å². The van der Waals surface area contributed by atoms with E-state index in [0.717, 1.165) is 5.56 Å². The Balaban J connectivity index is 1.69. The fraction of sp³-hybridized carbons (Fsp3) is 0.143. The molecule has 0 atom stereocenters. The number of halogens is 2. The van der Waals surface area contributed by atoms with E-state index >= 15 is 0 Å². The van der Waals surface area contributed by atoms with Crippen LogP contribution in [0.25, 0.3) is 17.3 Å². The zero-order valence-electron chi connectivity index (χ0n) is 16.1. The molecule has 30 heavy (non-hydrogen) atoms. The molecule has 0 radical (unpaired) electrons. The summed E-state index contributed by atoms with van der Waals surface area (Å²) in [5, 5.41) is 4.84. The second kappa shape index (κ2) is 9.84. The van der Waals surface area contributed by atoms with Gasteiger partial charge in [-0.05, 0) is 30.3 Å². The highest BCUT2D eigenvalue weighted by Crippen LogP contribution is 2.33. The van der Waals surface area contributed by atoms with Crippen molar-refractivity contribution in [1.29, 1.82) is 0 Å². The summed E-state index contributed by atoms with van der Waals surface area (Å²) in [4.78, 5) is 16.6. The summed E-state index contributed by atoms with van der Waals surface area (Å²) in [5.74, 6) is 0.712. The Morgan fingerprint density at radius 3 is 2.60 bits per heavy atom. The number of hydrogen-bond acceptors (Lipinski definition) is 6. The predicted octanol–water partition coefficient (Wildman–Crippen LogP) is 5.08. The third kappa shape index (κ3) is 5.32. The van der Waals surface area contributed by atoms with Gasteiger partial charge in [-0.15, -0.1) is 11.3 Å². The van der Waals surface area contributed by atoms with E-state index in [1.165, 1.54) is 29.6 Å². The average molecular weight is 432 g/mol. The van der Waals surface area contributed by atoms with Crippen molar-refractivity contribution in [3.8, 4) is 28.5 Å². The zero-order chi connectivity index (χ0) is 21.5. The largest absolute Gasteiger partial charge is 0.493 e. The summed E-state index contributed by atoms with van der Waals surface area (Å²) >= 11 is 1.26. The topological polar surface area (TPSA) is 69.7 Å². The maximum absolute atomic E-state index is 12.5. The third-order valence-electron chi connectivity index (χ3n) is 3.96. The molecule has 3 rings (SSSR count). The Hall–Kier alpha value is -3.46. The molecule has 0 aliphatic carbocycles. The number of hydrogen-bond donors (Lipinski definition) is 1. The van der Waals surface area contributed by atoms with Crippen LogP contribution in [0.4, 0.5) is 13.9 Å². The number of methoxy groups -OCH3 is 2. The number of aromatic nitrogens is 1. The summed E-state index contributed by atoms with van der Waals surface area (Å²) in [6, 6.07) is 11.6. The van der Waals surface area contributed by atoms with Gasteiger partial charge in [0.05, 0.1) is 19.9 Å². The van der Waals surface area contributed by atoms with E-state index in [0.29, 0.717) is 27.9 Å². The Kier molecular flexibility index (Phi) is 6.97. The molecule has 0 bridgehead atoms. The molecule has 0 fully saturated rings. The van der Waals surface area contributed by atoms with Gasteiger partial charge in [0.1, 0.15) is 5.75 Å². The van der Waals surface area contributed by atoms with Gasteiger partial charge in [-0.3, -0.25) is 10.1 Å². The van der Waals surface area contributed by atoms with Crippen molar-refractivity contribution in [2.45, 2.75) is 6.61 Å². The first-order valence-electron chi connectivity index (χ1n) is 8.71. The second-order valence-electron chi connectivity index (χ2n) is 5.85. The lowest BCUT2D eigenvalue weighted by Crippen LogP contribution is -2.07. The van der Waals surface area contributed by atoms with Crippen molar-refractivity contribution in [3.63, 3.8) is 0 Å². The van der Waals surface area contributed by atoms with Gasteiger partial charge in [-0.2, -0.15) is 8.78 Å². The molecular weight excluding hydrogens is 414 g/mol. The fourth-order valence-corrected chi connectivity index (χ4v) is 3.32. The van der Waals surface area contributed by atoms with Gasteiger partial charge in [0.2, 0.25) is 5.91 Å². The van der Waals surface area contributed by atoms with Crippen LogP contribution in [0.1, 0.15) is 5.56 Å². The molecule has 0 spiro atoms. The standard InChI is InChI=1S/C21H18F2N2O4S/c1-27-17-9-7-14(11-18(17)28-2)15-12-30-21(24-15)25-19(26)10-8-13-5-3-4-6-16(13)29-20(22)23/h3-12,20H,1-2H3,(H,24,25,26)/b10-8+. The lowest BCUT2D eigenvalue weighted by Gasteiger charge is -2.08. The van der Waals surface area contributed by atoms with E-state index in [1.54, 1.807) is 49.9 Å². The number of carbonyl (C=O) groups is 1. The maximum Gasteiger partial charge on any atom is 0.387 e. The molecule has 3 aromatic rings. The second-order valence-corrected chi connectivity index (χ2v) is 6.70. The van der Waals surface area contributed by atoms with E-state index < -0.39 is 12.5 Å². The number of carbonyl (C=O) groups excluding carboxylic acids is 1. The number of thiazole rings is 1. The minimum atomic E-state index is -2.95. The van der Waals surface area contributed by atoms with Crippen LogP contribution < -0.4 is 19.5 Å². The van der Waals surface area contributed by atoms with Gasteiger partial charge >= 0.3 is 6.61 Å². The van der Waals surface area contributed by atoms with E-state index in [2.05, 4.69) is 15.0 Å². The lowest BCUT2D eigenvalue weighted by molar-refractivity contribution is -0.111. The minimum Gasteiger partial charge on any atom is -0.493 e. The highest BCUT2D eigenvalue weighted by atomic mass is 32.1. The first kappa shape index (κ1) is 21.3. The van der Waals surface area contributed by atoms with Crippen molar-refractivity contribution in [2.24, 2.45) is 0 Å². The quantitative estimate of drug-likeness (QED) is 0.503. The van der Waals surface area contributed by atoms with Crippen molar-refractivity contribution in [3.05, 3.63) is 59.5 Å². The van der Waals surface area contributed by atoms with E-state index in [-0.39, 0.29) is 5.75 Å². The molecule has 0 saturated carbocycles. The summed E-state index contributed by atoms with van der Waals surface area (Å²) in [6.07, 6.45) is 2.63. The number of alkyl halides is 2. The molecule has 2 aromatic carbocycles.